The summed E-state index contributed by atoms with van der Waals surface area (Å²) in [6.45, 7) is 2.06. The highest BCUT2D eigenvalue weighted by Gasteiger charge is 2.67. The van der Waals surface area contributed by atoms with Gasteiger partial charge in [-0.3, -0.25) is 9.59 Å². The number of imide groups is 1. The molecule has 3 fully saturated rings. The first kappa shape index (κ1) is 18.6. The summed E-state index contributed by atoms with van der Waals surface area (Å²) in [5.41, 5.74) is 1.93. The Morgan fingerprint density at radius 2 is 1.61 bits per heavy atom. The average molecular weight is 413 g/mol. The molecule has 1 saturated heterocycles. The van der Waals surface area contributed by atoms with E-state index in [0.29, 0.717) is 28.8 Å². The molecular formula is C26H23NO4. The van der Waals surface area contributed by atoms with Crippen LogP contribution in [0.5, 0.6) is 5.75 Å². The number of esters is 1. The highest BCUT2D eigenvalue weighted by molar-refractivity contribution is 6.23. The normalized spacial score (nSPS) is 32.1. The summed E-state index contributed by atoms with van der Waals surface area (Å²) < 4.78 is 5.49. The van der Waals surface area contributed by atoms with Crippen molar-refractivity contribution in [3.05, 3.63) is 71.8 Å². The van der Waals surface area contributed by atoms with Gasteiger partial charge in [0.25, 0.3) is 0 Å². The fourth-order valence-electron chi connectivity index (χ4n) is 5.94. The molecule has 0 aromatic heterocycles. The highest BCUT2D eigenvalue weighted by Crippen LogP contribution is 2.65. The van der Waals surface area contributed by atoms with Gasteiger partial charge in [-0.2, -0.15) is 0 Å². The molecule has 0 unspecified atom stereocenters. The van der Waals surface area contributed by atoms with Crippen molar-refractivity contribution in [1.29, 1.82) is 0 Å². The molecule has 31 heavy (non-hydrogen) atoms. The standard InChI is InChI=1S/C26H23NO4/c1-2-14-6-8-17(9-7-14)31-26(30)15-4-3-5-16(12-15)27-24(28)22-18-10-11-19(21-13-20(18)21)23(22)25(27)29/h3-12,18-23H,2,13H2,1H3/t18-,19-,20-,21-,22+,23+/m1/s1. The minimum Gasteiger partial charge on any atom is -0.423 e. The van der Waals surface area contributed by atoms with E-state index in [4.69, 9.17) is 4.74 Å². The number of rotatable bonds is 4. The lowest BCUT2D eigenvalue weighted by Gasteiger charge is -2.37. The Labute approximate surface area is 180 Å². The molecule has 2 aromatic carbocycles. The van der Waals surface area contributed by atoms with E-state index in [0.717, 1.165) is 18.4 Å². The van der Waals surface area contributed by atoms with Crippen LogP contribution in [0.2, 0.25) is 0 Å². The summed E-state index contributed by atoms with van der Waals surface area (Å²) in [4.78, 5) is 40.6. The molecule has 0 spiro atoms. The Kier molecular flexibility index (Phi) is 3.98. The molecule has 0 radical (unpaired) electrons. The Morgan fingerprint density at radius 3 is 2.23 bits per heavy atom. The summed E-state index contributed by atoms with van der Waals surface area (Å²) >= 11 is 0. The Hall–Kier alpha value is -3.21. The molecule has 4 aliphatic carbocycles. The number of benzene rings is 2. The molecule has 5 aliphatic rings. The zero-order valence-electron chi connectivity index (χ0n) is 17.2. The Bertz CT molecular complexity index is 1100. The molecule has 156 valence electrons. The maximum atomic E-state index is 13.3. The Balaban J connectivity index is 1.26. The minimum absolute atomic E-state index is 0.125. The number of hydrogen-bond acceptors (Lipinski definition) is 4. The third kappa shape index (κ3) is 2.72. The van der Waals surface area contributed by atoms with E-state index in [1.807, 2.05) is 12.1 Å². The van der Waals surface area contributed by atoms with Crippen molar-refractivity contribution < 1.29 is 19.1 Å². The zero-order chi connectivity index (χ0) is 21.3. The molecule has 2 bridgehead atoms. The van der Waals surface area contributed by atoms with E-state index in [1.165, 1.54) is 4.90 Å². The summed E-state index contributed by atoms with van der Waals surface area (Å²) in [5, 5.41) is 0. The first-order chi connectivity index (χ1) is 15.1. The quantitative estimate of drug-likeness (QED) is 0.329. The van der Waals surface area contributed by atoms with Crippen LogP contribution < -0.4 is 9.64 Å². The van der Waals surface area contributed by atoms with Crippen LogP contribution in [0, 0.1) is 35.5 Å². The number of amides is 2. The highest BCUT2D eigenvalue weighted by atomic mass is 16.5. The molecule has 7 rings (SSSR count). The number of carbonyl (C=O) groups is 3. The molecule has 0 N–H and O–H groups in total. The van der Waals surface area contributed by atoms with Crippen LogP contribution in [0.25, 0.3) is 0 Å². The number of carbonyl (C=O) groups excluding carboxylic acids is 3. The number of anilines is 1. The molecule has 1 aliphatic heterocycles. The fourth-order valence-corrected chi connectivity index (χ4v) is 5.94. The van der Waals surface area contributed by atoms with Gasteiger partial charge in [-0.05, 0) is 72.4 Å². The predicted molar refractivity (Wildman–Crippen MR) is 114 cm³/mol. The lowest BCUT2D eigenvalue weighted by molar-refractivity contribution is -0.124. The second-order valence-electron chi connectivity index (χ2n) is 9.10. The summed E-state index contributed by atoms with van der Waals surface area (Å²) in [7, 11) is 0. The van der Waals surface area contributed by atoms with Crippen molar-refractivity contribution in [1.82, 2.24) is 0 Å². The first-order valence-corrected chi connectivity index (χ1v) is 11.0. The molecular weight excluding hydrogens is 390 g/mol. The van der Waals surface area contributed by atoms with Crippen LogP contribution in [-0.2, 0) is 16.0 Å². The minimum atomic E-state index is -0.509. The number of hydrogen-bond donors (Lipinski definition) is 0. The van der Waals surface area contributed by atoms with Crippen molar-refractivity contribution in [3.8, 4) is 5.75 Å². The monoisotopic (exact) mass is 413 g/mol. The molecule has 2 amide bonds. The number of aryl methyl sites for hydroxylation is 1. The van der Waals surface area contributed by atoms with Crippen LogP contribution >= 0.6 is 0 Å². The van der Waals surface area contributed by atoms with E-state index in [2.05, 4.69) is 19.1 Å². The molecule has 2 saturated carbocycles. The molecule has 2 aromatic rings. The van der Waals surface area contributed by atoms with Crippen LogP contribution in [0.1, 0.15) is 29.3 Å². The first-order valence-electron chi connectivity index (χ1n) is 11.0. The largest absolute Gasteiger partial charge is 0.423 e. The Morgan fingerprint density at radius 1 is 0.968 bits per heavy atom. The van der Waals surface area contributed by atoms with Crippen LogP contribution in [-0.4, -0.2) is 17.8 Å². The third-order valence-corrected chi connectivity index (χ3v) is 7.55. The SMILES string of the molecule is CCc1ccc(OC(=O)c2cccc(N3C(=O)[C@H]4[C@@H]5C=C[C@H]([C@H]6C[C@H]56)[C@@H]4C3=O)c2)cc1. The van der Waals surface area contributed by atoms with E-state index < -0.39 is 5.97 Å². The smallest absolute Gasteiger partial charge is 0.343 e. The maximum Gasteiger partial charge on any atom is 0.343 e. The van der Waals surface area contributed by atoms with Gasteiger partial charge in [-0.1, -0.05) is 37.3 Å². The van der Waals surface area contributed by atoms with Crippen LogP contribution in [0.3, 0.4) is 0 Å². The average Bonchev–Trinajstić information content (AvgIpc) is 3.57. The van der Waals surface area contributed by atoms with Crippen molar-refractivity contribution in [2.45, 2.75) is 19.8 Å². The van der Waals surface area contributed by atoms with Gasteiger partial charge < -0.3 is 4.74 Å². The maximum absolute atomic E-state index is 13.3. The van der Waals surface area contributed by atoms with Crippen molar-refractivity contribution in [3.63, 3.8) is 0 Å². The molecule has 5 heteroatoms. The summed E-state index contributed by atoms with van der Waals surface area (Å²) in [6, 6.07) is 14.0. The van der Waals surface area contributed by atoms with Crippen LogP contribution in [0.4, 0.5) is 5.69 Å². The third-order valence-electron chi connectivity index (χ3n) is 7.55. The molecule has 6 atom stereocenters. The fraction of sp³-hybridized carbons (Fsp3) is 0.346. The van der Waals surface area contributed by atoms with Crippen molar-refractivity contribution in [2.24, 2.45) is 35.5 Å². The van der Waals surface area contributed by atoms with Crippen molar-refractivity contribution in [2.75, 3.05) is 4.90 Å². The van der Waals surface area contributed by atoms with Gasteiger partial charge in [0.1, 0.15) is 5.75 Å². The van der Waals surface area contributed by atoms with Gasteiger partial charge in [0, 0.05) is 0 Å². The number of ether oxygens (including phenoxy) is 1. The topological polar surface area (TPSA) is 63.7 Å². The van der Waals surface area contributed by atoms with Crippen molar-refractivity contribution >= 4 is 23.5 Å². The second-order valence-corrected chi connectivity index (χ2v) is 9.10. The van der Waals surface area contributed by atoms with E-state index in [1.54, 1.807) is 36.4 Å². The molecule has 1 heterocycles. The second kappa shape index (κ2) is 6.64. The summed E-state index contributed by atoms with van der Waals surface area (Å²) in [6.07, 6.45) is 6.36. The number of allylic oxidation sites excluding steroid dienone is 2. The summed E-state index contributed by atoms with van der Waals surface area (Å²) in [5.74, 6) is 0.695. The lowest BCUT2D eigenvalue weighted by atomic mass is 9.63. The zero-order valence-corrected chi connectivity index (χ0v) is 17.2. The number of nitrogens with zero attached hydrogens (tertiary/aromatic N) is 1. The van der Waals surface area contributed by atoms with Gasteiger partial charge in [0.05, 0.1) is 23.1 Å². The van der Waals surface area contributed by atoms with Gasteiger partial charge in [-0.25, -0.2) is 9.69 Å². The van der Waals surface area contributed by atoms with Gasteiger partial charge in [0.2, 0.25) is 11.8 Å². The van der Waals surface area contributed by atoms with Gasteiger partial charge in [-0.15, -0.1) is 0 Å². The van der Waals surface area contributed by atoms with Crippen LogP contribution in [0.15, 0.2) is 60.7 Å². The van der Waals surface area contributed by atoms with E-state index in [9.17, 15) is 14.4 Å². The molecule has 5 nitrogen and oxygen atoms in total. The lowest BCUT2D eigenvalue weighted by Crippen LogP contribution is -2.40. The van der Waals surface area contributed by atoms with E-state index in [-0.39, 0.29) is 35.5 Å². The van der Waals surface area contributed by atoms with Gasteiger partial charge in [0.15, 0.2) is 0 Å². The predicted octanol–water partition coefficient (Wildman–Crippen LogP) is 4.03. The van der Waals surface area contributed by atoms with Gasteiger partial charge >= 0.3 is 5.97 Å². The van der Waals surface area contributed by atoms with E-state index >= 15 is 0 Å².